The van der Waals surface area contributed by atoms with Crippen LogP contribution >= 0.6 is 12.4 Å². The van der Waals surface area contributed by atoms with E-state index in [1.807, 2.05) is 0 Å². The van der Waals surface area contributed by atoms with Gasteiger partial charge < -0.3 is 5.73 Å². The maximum Gasteiger partial charge on any atom is 0.391 e. The van der Waals surface area contributed by atoms with Gasteiger partial charge in [-0.1, -0.05) is 12.8 Å². The Labute approximate surface area is 82.3 Å². The highest BCUT2D eigenvalue weighted by atomic mass is 35.5. The van der Waals surface area contributed by atoms with Crippen molar-refractivity contribution in [1.82, 2.24) is 0 Å². The summed E-state index contributed by atoms with van der Waals surface area (Å²) < 4.78 is 36.7. The van der Waals surface area contributed by atoms with E-state index in [1.165, 1.54) is 0 Å². The molecular weight excluding hydrogens is 203 g/mol. The molecule has 0 radical (unpaired) electrons. The van der Waals surface area contributed by atoms with E-state index in [9.17, 15) is 13.2 Å². The topological polar surface area (TPSA) is 26.0 Å². The Morgan fingerprint density at radius 2 is 1.62 bits per heavy atom. The van der Waals surface area contributed by atoms with E-state index in [0.29, 0.717) is 6.42 Å². The lowest BCUT2D eigenvalue weighted by Crippen LogP contribution is -2.29. The predicted octanol–water partition coefficient (Wildman–Crippen LogP) is 2.88. The summed E-state index contributed by atoms with van der Waals surface area (Å²) in [4.78, 5) is 0. The molecule has 1 rings (SSSR count). The molecule has 0 aromatic heterocycles. The van der Waals surface area contributed by atoms with Gasteiger partial charge in [0.2, 0.25) is 0 Å². The van der Waals surface area contributed by atoms with Crippen LogP contribution in [0.5, 0.6) is 0 Å². The SMILES string of the molecule is Cl.N[C@@H]1CCCC[C@H](C(F)(F)F)C1. The van der Waals surface area contributed by atoms with Crippen LogP contribution in [0.2, 0.25) is 0 Å². The van der Waals surface area contributed by atoms with Crippen molar-refractivity contribution in [2.24, 2.45) is 11.7 Å². The van der Waals surface area contributed by atoms with Gasteiger partial charge in [-0.2, -0.15) is 13.2 Å². The summed E-state index contributed by atoms with van der Waals surface area (Å²) >= 11 is 0. The van der Waals surface area contributed by atoms with Crippen molar-refractivity contribution in [1.29, 1.82) is 0 Å². The number of nitrogens with two attached hydrogens (primary N) is 1. The van der Waals surface area contributed by atoms with Gasteiger partial charge in [-0.3, -0.25) is 0 Å². The van der Waals surface area contributed by atoms with Crippen LogP contribution in [0.15, 0.2) is 0 Å². The van der Waals surface area contributed by atoms with Crippen LogP contribution in [0.25, 0.3) is 0 Å². The molecule has 0 bridgehead atoms. The van der Waals surface area contributed by atoms with Gasteiger partial charge in [-0.05, 0) is 19.3 Å². The Balaban J connectivity index is 0.00000144. The molecule has 0 aromatic carbocycles. The normalized spacial score (nSPS) is 30.5. The van der Waals surface area contributed by atoms with E-state index in [-0.39, 0.29) is 31.3 Å². The smallest absolute Gasteiger partial charge is 0.328 e. The fraction of sp³-hybridized carbons (Fsp3) is 1.00. The van der Waals surface area contributed by atoms with Gasteiger partial charge in [0, 0.05) is 6.04 Å². The van der Waals surface area contributed by atoms with Gasteiger partial charge in [-0.15, -0.1) is 12.4 Å². The lowest BCUT2D eigenvalue weighted by Gasteiger charge is -2.19. The van der Waals surface area contributed by atoms with Gasteiger partial charge in [0.15, 0.2) is 0 Å². The highest BCUT2D eigenvalue weighted by Gasteiger charge is 2.40. The van der Waals surface area contributed by atoms with E-state index < -0.39 is 12.1 Å². The minimum Gasteiger partial charge on any atom is -0.328 e. The minimum absolute atomic E-state index is 0. The molecule has 2 N–H and O–H groups in total. The third-order valence-corrected chi connectivity index (χ3v) is 2.43. The summed E-state index contributed by atoms with van der Waals surface area (Å²) in [6.07, 6.45) is -1.42. The van der Waals surface area contributed by atoms with Crippen LogP contribution in [0.1, 0.15) is 32.1 Å². The molecule has 0 amide bonds. The summed E-state index contributed by atoms with van der Waals surface area (Å²) in [5.74, 6) is -1.16. The second-order valence-corrected chi connectivity index (χ2v) is 3.52. The minimum atomic E-state index is -4.04. The number of alkyl halides is 3. The van der Waals surface area contributed by atoms with E-state index in [2.05, 4.69) is 0 Å². The van der Waals surface area contributed by atoms with Crippen LogP contribution in [0.4, 0.5) is 13.2 Å². The number of rotatable bonds is 0. The average molecular weight is 218 g/mol. The second-order valence-electron chi connectivity index (χ2n) is 3.52. The molecule has 0 heterocycles. The molecule has 0 saturated heterocycles. The van der Waals surface area contributed by atoms with Gasteiger partial charge >= 0.3 is 6.18 Å². The van der Waals surface area contributed by atoms with Crippen molar-refractivity contribution < 1.29 is 13.2 Å². The lowest BCUT2D eigenvalue weighted by molar-refractivity contribution is -0.178. The van der Waals surface area contributed by atoms with Crippen LogP contribution in [0, 0.1) is 5.92 Å². The fourth-order valence-electron chi connectivity index (χ4n) is 1.70. The van der Waals surface area contributed by atoms with Gasteiger partial charge in [0.1, 0.15) is 0 Å². The molecule has 1 fully saturated rings. The highest BCUT2D eigenvalue weighted by molar-refractivity contribution is 5.85. The van der Waals surface area contributed by atoms with Crippen LogP contribution in [-0.2, 0) is 0 Å². The van der Waals surface area contributed by atoms with E-state index >= 15 is 0 Å². The quantitative estimate of drug-likeness (QED) is 0.621. The number of hydrogen-bond acceptors (Lipinski definition) is 1. The third kappa shape index (κ3) is 4.18. The molecule has 0 aromatic rings. The Bertz CT molecular complexity index is 149. The Morgan fingerprint density at radius 1 is 1.08 bits per heavy atom. The molecule has 1 aliphatic carbocycles. The first-order valence-electron chi connectivity index (χ1n) is 4.32. The summed E-state index contributed by atoms with van der Waals surface area (Å²) in [6, 6.07) is -0.251. The number of hydrogen-bond donors (Lipinski definition) is 1. The zero-order valence-electron chi connectivity index (χ0n) is 7.31. The van der Waals surface area contributed by atoms with Crippen LogP contribution < -0.4 is 5.73 Å². The van der Waals surface area contributed by atoms with E-state index in [0.717, 1.165) is 12.8 Å². The Hall–Kier alpha value is 0.0400. The standard InChI is InChI=1S/C8H14F3N.ClH/c9-8(10,11)6-3-1-2-4-7(12)5-6;/h6-7H,1-5,12H2;1H/t6-,7+;/m0./s1. The first kappa shape index (κ1) is 13.0. The average Bonchev–Trinajstić information content (AvgIpc) is 2.11. The van der Waals surface area contributed by atoms with Crippen molar-refractivity contribution in [3.63, 3.8) is 0 Å². The van der Waals surface area contributed by atoms with Crippen LogP contribution in [0.3, 0.4) is 0 Å². The van der Waals surface area contributed by atoms with Gasteiger partial charge in [0.25, 0.3) is 0 Å². The molecule has 1 aliphatic rings. The second kappa shape index (κ2) is 5.05. The van der Waals surface area contributed by atoms with Crippen molar-refractivity contribution in [2.75, 3.05) is 0 Å². The summed E-state index contributed by atoms with van der Waals surface area (Å²) in [7, 11) is 0. The molecule has 0 unspecified atom stereocenters. The van der Waals surface area contributed by atoms with Crippen molar-refractivity contribution in [3.8, 4) is 0 Å². The summed E-state index contributed by atoms with van der Waals surface area (Å²) in [5.41, 5.74) is 5.52. The molecular formula is C8H15ClF3N. The van der Waals surface area contributed by atoms with Crippen molar-refractivity contribution in [2.45, 2.75) is 44.3 Å². The predicted molar refractivity (Wildman–Crippen MR) is 47.9 cm³/mol. The van der Waals surface area contributed by atoms with E-state index in [4.69, 9.17) is 5.73 Å². The lowest BCUT2D eigenvalue weighted by atomic mass is 9.98. The molecule has 80 valence electrons. The molecule has 1 saturated carbocycles. The zero-order valence-corrected chi connectivity index (χ0v) is 8.13. The molecule has 0 aliphatic heterocycles. The maximum atomic E-state index is 12.2. The molecule has 2 atom stereocenters. The molecule has 5 heteroatoms. The van der Waals surface area contributed by atoms with Gasteiger partial charge in [0.05, 0.1) is 5.92 Å². The van der Waals surface area contributed by atoms with E-state index in [1.54, 1.807) is 0 Å². The Kier molecular flexibility index (Phi) is 5.07. The summed E-state index contributed by atoms with van der Waals surface area (Å²) in [5, 5.41) is 0. The number of halogens is 4. The van der Waals surface area contributed by atoms with Crippen molar-refractivity contribution >= 4 is 12.4 Å². The first-order chi connectivity index (χ1) is 5.50. The largest absolute Gasteiger partial charge is 0.391 e. The maximum absolute atomic E-state index is 12.2. The molecule has 13 heavy (non-hydrogen) atoms. The van der Waals surface area contributed by atoms with Crippen LogP contribution in [-0.4, -0.2) is 12.2 Å². The molecule has 0 spiro atoms. The Morgan fingerprint density at radius 3 is 2.15 bits per heavy atom. The van der Waals surface area contributed by atoms with Crippen molar-refractivity contribution in [3.05, 3.63) is 0 Å². The highest BCUT2D eigenvalue weighted by Crippen LogP contribution is 2.35. The fourth-order valence-corrected chi connectivity index (χ4v) is 1.70. The molecule has 1 nitrogen and oxygen atoms in total. The monoisotopic (exact) mass is 217 g/mol. The van der Waals surface area contributed by atoms with Gasteiger partial charge in [-0.25, -0.2) is 0 Å². The summed E-state index contributed by atoms with van der Waals surface area (Å²) in [6.45, 7) is 0. The first-order valence-corrected chi connectivity index (χ1v) is 4.32. The zero-order chi connectivity index (χ0) is 9.19. The third-order valence-electron chi connectivity index (χ3n) is 2.43.